The van der Waals surface area contributed by atoms with Gasteiger partial charge in [0.25, 0.3) is 0 Å². The first kappa shape index (κ1) is 25.5. The van der Waals surface area contributed by atoms with Gasteiger partial charge in [0.1, 0.15) is 12.4 Å². The van der Waals surface area contributed by atoms with Crippen LogP contribution in [0.5, 0.6) is 0 Å². The van der Waals surface area contributed by atoms with Gasteiger partial charge in [-0.2, -0.15) is 0 Å². The second-order valence-corrected chi connectivity index (χ2v) is 9.16. The van der Waals surface area contributed by atoms with Crippen molar-refractivity contribution in [1.82, 2.24) is 14.8 Å². The summed E-state index contributed by atoms with van der Waals surface area (Å²) in [5, 5.41) is 9.95. The lowest BCUT2D eigenvalue weighted by Crippen LogP contribution is -2.37. The summed E-state index contributed by atoms with van der Waals surface area (Å²) in [4.78, 5) is 26.9. The number of amides is 1. The largest absolute Gasteiger partial charge is 0.465 e. The summed E-state index contributed by atoms with van der Waals surface area (Å²) in [5.74, 6) is 0.0690. The first-order valence-corrected chi connectivity index (χ1v) is 12.8. The van der Waals surface area contributed by atoms with Crippen molar-refractivity contribution in [3.8, 4) is 5.69 Å². The van der Waals surface area contributed by atoms with Gasteiger partial charge >= 0.3 is 5.97 Å². The molecular weight excluding hydrogens is 496 g/mol. The fourth-order valence-electron chi connectivity index (χ4n) is 3.63. The Morgan fingerprint density at radius 1 is 0.972 bits per heavy atom. The average molecular weight is 521 g/mol. The standard InChI is InChI=1S/C27H25ClN4O3S/c1-2-35-26(34)18-31(22-13-7-4-8-14-22)25(33)19-36-27-30-29-24(16-20-10-5-3-6-11-20)32(27)23-15-9-12-21(28)17-23/h3-15,17H,2,16,18-19H2,1H3. The van der Waals surface area contributed by atoms with Crippen LogP contribution in [0.15, 0.2) is 90.1 Å². The Morgan fingerprint density at radius 2 is 1.69 bits per heavy atom. The number of carbonyl (C=O) groups is 2. The normalized spacial score (nSPS) is 10.7. The minimum atomic E-state index is -0.466. The predicted octanol–water partition coefficient (Wildman–Crippen LogP) is 5.20. The molecule has 0 radical (unpaired) electrons. The first-order valence-electron chi connectivity index (χ1n) is 11.4. The molecule has 0 atom stereocenters. The summed E-state index contributed by atoms with van der Waals surface area (Å²) >= 11 is 7.53. The second-order valence-electron chi connectivity index (χ2n) is 7.79. The van der Waals surface area contributed by atoms with Crippen molar-refractivity contribution in [1.29, 1.82) is 0 Å². The highest BCUT2D eigenvalue weighted by Gasteiger charge is 2.22. The highest BCUT2D eigenvalue weighted by molar-refractivity contribution is 7.99. The zero-order chi connectivity index (χ0) is 25.3. The molecule has 9 heteroatoms. The number of hydrogen-bond acceptors (Lipinski definition) is 6. The molecule has 36 heavy (non-hydrogen) atoms. The molecule has 1 amide bonds. The highest BCUT2D eigenvalue weighted by Crippen LogP contribution is 2.26. The summed E-state index contributed by atoms with van der Waals surface area (Å²) in [7, 11) is 0. The zero-order valence-electron chi connectivity index (χ0n) is 19.7. The van der Waals surface area contributed by atoms with E-state index in [1.54, 1.807) is 25.1 Å². The van der Waals surface area contributed by atoms with Gasteiger partial charge in [-0.3, -0.25) is 14.2 Å². The molecule has 4 aromatic rings. The Labute approximate surface area is 219 Å². The maximum absolute atomic E-state index is 13.3. The van der Waals surface area contributed by atoms with Gasteiger partial charge < -0.3 is 9.64 Å². The third kappa shape index (κ3) is 6.53. The molecule has 184 valence electrons. The lowest BCUT2D eigenvalue weighted by molar-refractivity contribution is -0.142. The number of carbonyl (C=O) groups excluding carboxylic acids is 2. The van der Waals surface area contributed by atoms with Crippen LogP contribution in [0.3, 0.4) is 0 Å². The molecular formula is C27H25ClN4O3S. The summed E-state index contributed by atoms with van der Waals surface area (Å²) in [5.41, 5.74) is 2.52. The summed E-state index contributed by atoms with van der Waals surface area (Å²) in [6.45, 7) is 1.81. The van der Waals surface area contributed by atoms with E-state index in [1.165, 1.54) is 16.7 Å². The van der Waals surface area contributed by atoms with Crippen LogP contribution in [-0.2, 0) is 20.7 Å². The molecule has 4 rings (SSSR count). The maximum Gasteiger partial charge on any atom is 0.326 e. The van der Waals surface area contributed by atoms with E-state index >= 15 is 0 Å². The van der Waals surface area contributed by atoms with Crippen LogP contribution in [0.2, 0.25) is 5.02 Å². The molecule has 7 nitrogen and oxygen atoms in total. The number of anilines is 1. The molecule has 0 aliphatic rings. The number of ether oxygens (including phenoxy) is 1. The first-order chi connectivity index (χ1) is 17.5. The quantitative estimate of drug-likeness (QED) is 0.211. The Balaban J connectivity index is 1.59. The van der Waals surface area contributed by atoms with Crippen LogP contribution in [0.4, 0.5) is 5.69 Å². The Bertz CT molecular complexity index is 1320. The van der Waals surface area contributed by atoms with Crippen LogP contribution < -0.4 is 4.90 Å². The number of para-hydroxylation sites is 1. The highest BCUT2D eigenvalue weighted by atomic mass is 35.5. The van der Waals surface area contributed by atoms with Crippen molar-refractivity contribution in [2.75, 3.05) is 23.8 Å². The van der Waals surface area contributed by atoms with E-state index in [0.717, 1.165) is 17.1 Å². The number of halogens is 1. The SMILES string of the molecule is CCOC(=O)CN(C(=O)CSc1nnc(Cc2ccccc2)n1-c1cccc(Cl)c1)c1ccccc1. The predicted molar refractivity (Wildman–Crippen MR) is 142 cm³/mol. The Hall–Kier alpha value is -3.62. The number of benzene rings is 3. The molecule has 0 spiro atoms. The molecule has 0 fully saturated rings. The van der Waals surface area contributed by atoms with Gasteiger partial charge in [0.15, 0.2) is 5.16 Å². The van der Waals surface area contributed by atoms with Gasteiger partial charge in [0.2, 0.25) is 5.91 Å². The molecule has 0 saturated heterocycles. The zero-order valence-corrected chi connectivity index (χ0v) is 21.3. The molecule has 0 unspecified atom stereocenters. The van der Waals surface area contributed by atoms with Gasteiger partial charge in [-0.15, -0.1) is 10.2 Å². The molecule has 0 N–H and O–H groups in total. The van der Waals surface area contributed by atoms with Gasteiger partial charge in [0.05, 0.1) is 18.0 Å². The van der Waals surface area contributed by atoms with Gasteiger partial charge in [-0.1, -0.05) is 78.0 Å². The summed E-state index contributed by atoms with van der Waals surface area (Å²) < 4.78 is 6.99. The van der Waals surface area contributed by atoms with Gasteiger partial charge in [0, 0.05) is 17.1 Å². The van der Waals surface area contributed by atoms with Crippen molar-refractivity contribution in [3.63, 3.8) is 0 Å². The van der Waals surface area contributed by atoms with Crippen LogP contribution in [0, 0.1) is 0 Å². The number of rotatable bonds is 10. The summed E-state index contributed by atoms with van der Waals surface area (Å²) in [6.07, 6.45) is 0.563. The number of hydrogen-bond donors (Lipinski definition) is 0. The molecule has 1 heterocycles. The second kappa shape index (κ2) is 12.4. The van der Waals surface area contributed by atoms with E-state index < -0.39 is 5.97 Å². The topological polar surface area (TPSA) is 77.3 Å². The van der Waals surface area contributed by atoms with E-state index in [-0.39, 0.29) is 24.8 Å². The van der Waals surface area contributed by atoms with Crippen molar-refractivity contribution in [3.05, 3.63) is 101 Å². The molecule has 0 bridgehead atoms. The van der Waals surface area contributed by atoms with Crippen molar-refractivity contribution in [2.45, 2.75) is 18.5 Å². The lowest BCUT2D eigenvalue weighted by Gasteiger charge is -2.21. The van der Waals surface area contributed by atoms with Crippen LogP contribution >= 0.6 is 23.4 Å². The molecule has 0 saturated carbocycles. The smallest absolute Gasteiger partial charge is 0.326 e. The average Bonchev–Trinajstić information content (AvgIpc) is 3.29. The monoisotopic (exact) mass is 520 g/mol. The third-order valence-electron chi connectivity index (χ3n) is 5.26. The van der Waals surface area contributed by atoms with Gasteiger partial charge in [-0.25, -0.2) is 0 Å². The maximum atomic E-state index is 13.3. The van der Waals surface area contributed by atoms with Crippen LogP contribution in [-0.4, -0.2) is 45.5 Å². The fraction of sp³-hybridized carbons (Fsp3) is 0.185. The van der Waals surface area contributed by atoms with E-state index in [0.29, 0.717) is 22.3 Å². The number of thioether (sulfide) groups is 1. The van der Waals surface area contributed by atoms with Gasteiger partial charge in [-0.05, 0) is 42.8 Å². The fourth-order valence-corrected chi connectivity index (χ4v) is 4.66. The van der Waals surface area contributed by atoms with Crippen molar-refractivity contribution in [2.24, 2.45) is 0 Å². The molecule has 0 aliphatic heterocycles. The Kier molecular flexibility index (Phi) is 8.76. The van der Waals surface area contributed by atoms with Crippen LogP contribution in [0.1, 0.15) is 18.3 Å². The Morgan fingerprint density at radius 3 is 2.39 bits per heavy atom. The lowest BCUT2D eigenvalue weighted by atomic mass is 10.1. The molecule has 1 aromatic heterocycles. The molecule has 3 aromatic carbocycles. The van der Waals surface area contributed by atoms with E-state index in [4.69, 9.17) is 16.3 Å². The van der Waals surface area contributed by atoms with E-state index in [9.17, 15) is 9.59 Å². The van der Waals surface area contributed by atoms with Crippen molar-refractivity contribution >= 4 is 40.9 Å². The number of esters is 1. The molecule has 0 aliphatic carbocycles. The number of aromatic nitrogens is 3. The van der Waals surface area contributed by atoms with Crippen LogP contribution in [0.25, 0.3) is 5.69 Å². The minimum absolute atomic E-state index is 0.0539. The van der Waals surface area contributed by atoms with Crippen molar-refractivity contribution < 1.29 is 14.3 Å². The minimum Gasteiger partial charge on any atom is -0.465 e. The van der Waals surface area contributed by atoms with E-state index in [2.05, 4.69) is 10.2 Å². The summed E-state index contributed by atoms with van der Waals surface area (Å²) in [6, 6.07) is 26.5. The number of nitrogens with zero attached hydrogens (tertiary/aromatic N) is 4. The van der Waals surface area contributed by atoms with E-state index in [1.807, 2.05) is 71.3 Å². The third-order valence-corrected chi connectivity index (χ3v) is 6.41.